The summed E-state index contributed by atoms with van der Waals surface area (Å²) in [4.78, 5) is 8.92. The molecule has 6 heteroatoms. The van der Waals surface area contributed by atoms with Crippen LogP contribution in [0.1, 0.15) is 13.3 Å². The number of nitrogens with zero attached hydrogens (tertiary/aromatic N) is 3. The first kappa shape index (κ1) is 12.2. The van der Waals surface area contributed by atoms with Gasteiger partial charge in [-0.05, 0) is 13.3 Å². The summed E-state index contributed by atoms with van der Waals surface area (Å²) in [7, 11) is 0. The van der Waals surface area contributed by atoms with Gasteiger partial charge in [-0.2, -0.15) is 0 Å². The van der Waals surface area contributed by atoms with E-state index in [0.29, 0.717) is 5.92 Å². The molecule has 0 bridgehead atoms. The van der Waals surface area contributed by atoms with Crippen LogP contribution in [0.2, 0.25) is 0 Å². The summed E-state index contributed by atoms with van der Waals surface area (Å²) in [5.41, 5.74) is 0.862. The molecule has 1 unspecified atom stereocenters. The van der Waals surface area contributed by atoms with Crippen LogP contribution in [-0.2, 0) is 4.74 Å². The molecule has 19 heavy (non-hydrogen) atoms. The topological polar surface area (TPSA) is 63.5 Å². The lowest BCUT2D eigenvalue weighted by atomic mass is 10.1. The molecule has 3 rings (SSSR count). The van der Waals surface area contributed by atoms with Crippen molar-refractivity contribution < 1.29 is 4.74 Å². The minimum absolute atomic E-state index is 0.569. The normalized spacial score (nSPS) is 18.9. The van der Waals surface area contributed by atoms with Gasteiger partial charge in [0, 0.05) is 38.0 Å². The lowest BCUT2D eigenvalue weighted by Crippen LogP contribution is -2.16. The summed E-state index contributed by atoms with van der Waals surface area (Å²) in [6.07, 6.45) is 6.79. The SMILES string of the molecule is CCNc1cn2ccnc2c(NCC2CCOC2)n1. The van der Waals surface area contributed by atoms with E-state index < -0.39 is 0 Å². The molecule has 102 valence electrons. The van der Waals surface area contributed by atoms with E-state index in [1.54, 1.807) is 6.20 Å². The molecular weight excluding hydrogens is 242 g/mol. The average molecular weight is 261 g/mol. The molecule has 1 fully saturated rings. The second kappa shape index (κ2) is 5.44. The summed E-state index contributed by atoms with van der Waals surface area (Å²) in [6, 6.07) is 0. The molecule has 2 aromatic heterocycles. The van der Waals surface area contributed by atoms with Crippen molar-refractivity contribution in [3.8, 4) is 0 Å². The number of fused-ring (bicyclic) bond motifs is 1. The Kier molecular flexibility index (Phi) is 3.50. The van der Waals surface area contributed by atoms with Gasteiger partial charge in [-0.15, -0.1) is 0 Å². The third kappa shape index (κ3) is 2.63. The maximum atomic E-state index is 5.39. The Labute approximate surface area is 112 Å². The molecule has 1 saturated heterocycles. The predicted molar refractivity (Wildman–Crippen MR) is 74.6 cm³/mol. The van der Waals surface area contributed by atoms with Crippen LogP contribution in [0.25, 0.3) is 5.65 Å². The van der Waals surface area contributed by atoms with Crippen molar-refractivity contribution in [3.05, 3.63) is 18.6 Å². The molecule has 0 saturated carbocycles. The summed E-state index contributed by atoms with van der Waals surface area (Å²) in [6.45, 7) is 5.50. The minimum Gasteiger partial charge on any atom is -0.381 e. The monoisotopic (exact) mass is 261 g/mol. The van der Waals surface area contributed by atoms with E-state index in [0.717, 1.165) is 50.0 Å². The van der Waals surface area contributed by atoms with Gasteiger partial charge in [0.05, 0.1) is 12.8 Å². The highest BCUT2D eigenvalue weighted by atomic mass is 16.5. The molecular formula is C13H19N5O. The van der Waals surface area contributed by atoms with Gasteiger partial charge in [0.2, 0.25) is 0 Å². The predicted octanol–water partition coefficient (Wildman–Crippen LogP) is 1.61. The van der Waals surface area contributed by atoms with Crippen molar-refractivity contribution >= 4 is 17.3 Å². The molecule has 0 aromatic carbocycles. The summed E-state index contributed by atoms with van der Waals surface area (Å²) >= 11 is 0. The van der Waals surface area contributed by atoms with Crippen LogP contribution in [0.15, 0.2) is 18.6 Å². The van der Waals surface area contributed by atoms with Gasteiger partial charge >= 0.3 is 0 Å². The minimum atomic E-state index is 0.569. The van der Waals surface area contributed by atoms with Crippen LogP contribution in [0, 0.1) is 5.92 Å². The molecule has 1 atom stereocenters. The second-order valence-electron chi connectivity index (χ2n) is 4.77. The van der Waals surface area contributed by atoms with E-state index >= 15 is 0 Å². The Morgan fingerprint density at radius 1 is 1.47 bits per heavy atom. The fourth-order valence-electron chi connectivity index (χ4n) is 2.30. The zero-order chi connectivity index (χ0) is 13.1. The molecule has 2 aromatic rings. The van der Waals surface area contributed by atoms with Crippen molar-refractivity contribution in [1.82, 2.24) is 14.4 Å². The smallest absolute Gasteiger partial charge is 0.180 e. The van der Waals surface area contributed by atoms with Crippen LogP contribution in [0.5, 0.6) is 0 Å². The highest BCUT2D eigenvalue weighted by Gasteiger charge is 2.16. The van der Waals surface area contributed by atoms with Crippen molar-refractivity contribution in [2.24, 2.45) is 5.92 Å². The Morgan fingerprint density at radius 3 is 3.21 bits per heavy atom. The lowest BCUT2D eigenvalue weighted by molar-refractivity contribution is 0.187. The number of anilines is 2. The summed E-state index contributed by atoms with van der Waals surface area (Å²) in [5, 5.41) is 6.63. The molecule has 0 aliphatic carbocycles. The van der Waals surface area contributed by atoms with Crippen LogP contribution in [-0.4, -0.2) is 40.7 Å². The summed E-state index contributed by atoms with van der Waals surface area (Å²) < 4.78 is 7.37. The van der Waals surface area contributed by atoms with Crippen molar-refractivity contribution in [2.45, 2.75) is 13.3 Å². The molecule has 1 aliphatic heterocycles. The molecule has 1 aliphatic rings. The van der Waals surface area contributed by atoms with Crippen LogP contribution >= 0.6 is 0 Å². The number of hydrogen-bond donors (Lipinski definition) is 2. The zero-order valence-electron chi connectivity index (χ0n) is 11.1. The van der Waals surface area contributed by atoms with Gasteiger partial charge in [-0.3, -0.25) is 0 Å². The van der Waals surface area contributed by atoms with Crippen molar-refractivity contribution in [3.63, 3.8) is 0 Å². The van der Waals surface area contributed by atoms with Gasteiger partial charge in [-0.1, -0.05) is 0 Å². The van der Waals surface area contributed by atoms with E-state index in [2.05, 4.69) is 27.5 Å². The molecule has 0 radical (unpaired) electrons. The number of aromatic nitrogens is 3. The second-order valence-corrected chi connectivity index (χ2v) is 4.77. The van der Waals surface area contributed by atoms with E-state index in [-0.39, 0.29) is 0 Å². The van der Waals surface area contributed by atoms with E-state index in [1.807, 2.05) is 16.8 Å². The Balaban J connectivity index is 1.80. The Morgan fingerprint density at radius 2 is 2.42 bits per heavy atom. The van der Waals surface area contributed by atoms with Gasteiger partial charge in [-0.25, -0.2) is 9.97 Å². The summed E-state index contributed by atoms with van der Waals surface area (Å²) in [5.74, 6) is 2.26. The molecule has 6 nitrogen and oxygen atoms in total. The van der Waals surface area contributed by atoms with E-state index in [4.69, 9.17) is 4.74 Å². The fourth-order valence-corrected chi connectivity index (χ4v) is 2.30. The Hall–Kier alpha value is -1.82. The molecule has 2 N–H and O–H groups in total. The molecule has 3 heterocycles. The number of hydrogen-bond acceptors (Lipinski definition) is 5. The number of ether oxygens (including phenoxy) is 1. The third-order valence-corrected chi connectivity index (χ3v) is 3.31. The van der Waals surface area contributed by atoms with Gasteiger partial charge in [0.25, 0.3) is 0 Å². The zero-order valence-corrected chi connectivity index (χ0v) is 11.1. The Bertz CT molecular complexity index is 547. The first-order valence-corrected chi connectivity index (χ1v) is 6.76. The highest BCUT2D eigenvalue weighted by Crippen LogP contribution is 2.18. The van der Waals surface area contributed by atoms with Crippen molar-refractivity contribution in [1.29, 1.82) is 0 Å². The molecule has 0 spiro atoms. The molecule has 0 amide bonds. The van der Waals surface area contributed by atoms with E-state index in [9.17, 15) is 0 Å². The number of nitrogens with one attached hydrogen (secondary N) is 2. The van der Waals surface area contributed by atoms with Gasteiger partial charge < -0.3 is 19.8 Å². The largest absolute Gasteiger partial charge is 0.381 e. The maximum Gasteiger partial charge on any atom is 0.180 e. The first-order valence-electron chi connectivity index (χ1n) is 6.76. The van der Waals surface area contributed by atoms with Gasteiger partial charge in [0.15, 0.2) is 11.5 Å². The van der Waals surface area contributed by atoms with Crippen LogP contribution in [0.3, 0.4) is 0 Å². The fraction of sp³-hybridized carbons (Fsp3) is 0.538. The maximum absolute atomic E-state index is 5.39. The van der Waals surface area contributed by atoms with Crippen LogP contribution < -0.4 is 10.6 Å². The quantitative estimate of drug-likeness (QED) is 0.856. The van der Waals surface area contributed by atoms with Crippen molar-refractivity contribution in [2.75, 3.05) is 36.9 Å². The lowest BCUT2D eigenvalue weighted by Gasteiger charge is -2.12. The first-order chi connectivity index (χ1) is 9.36. The average Bonchev–Trinajstić information content (AvgIpc) is 3.07. The number of imidazole rings is 1. The van der Waals surface area contributed by atoms with Crippen LogP contribution in [0.4, 0.5) is 11.6 Å². The third-order valence-electron chi connectivity index (χ3n) is 3.31. The van der Waals surface area contributed by atoms with Gasteiger partial charge in [0.1, 0.15) is 5.82 Å². The van der Waals surface area contributed by atoms with E-state index in [1.165, 1.54) is 0 Å². The number of rotatable bonds is 5. The standard InChI is InChI=1S/C13H19N5O/c1-2-14-11-8-18-5-4-15-13(18)12(17-11)16-7-10-3-6-19-9-10/h4-5,8,10,14H,2-3,6-7,9H2,1H3,(H,16,17). The highest BCUT2D eigenvalue weighted by molar-refractivity contribution is 5.65.